The first-order chi connectivity index (χ1) is 15.6. The van der Waals surface area contributed by atoms with Gasteiger partial charge in [-0.2, -0.15) is 4.37 Å². The number of hydrogen-bond donors (Lipinski definition) is 1. The summed E-state index contributed by atoms with van der Waals surface area (Å²) < 4.78 is 31.6. The molecule has 0 saturated carbocycles. The van der Waals surface area contributed by atoms with Gasteiger partial charge in [0.25, 0.3) is 0 Å². The number of halogens is 1. The lowest BCUT2D eigenvalue weighted by molar-refractivity contribution is 0.482. The van der Waals surface area contributed by atoms with Crippen molar-refractivity contribution in [1.82, 2.24) is 18.6 Å². The van der Waals surface area contributed by atoms with Gasteiger partial charge < -0.3 is 10.6 Å². The molecule has 5 heterocycles. The maximum atomic E-state index is 12.7. The molecule has 0 aromatic carbocycles. The molecule has 0 aliphatic carbocycles. The predicted molar refractivity (Wildman–Crippen MR) is 134 cm³/mol. The van der Waals surface area contributed by atoms with E-state index in [-0.39, 0.29) is 11.7 Å². The Labute approximate surface area is 205 Å². The zero-order chi connectivity index (χ0) is 23.5. The second-order valence-corrected chi connectivity index (χ2v) is 12.8. The van der Waals surface area contributed by atoms with Crippen molar-refractivity contribution >= 4 is 66.4 Å². The number of nitrogens with zero attached hydrogens (tertiary/aromatic N) is 6. The summed E-state index contributed by atoms with van der Waals surface area (Å²) in [5, 5.41) is 2.47. The Hall–Kier alpha value is -2.02. The maximum absolute atomic E-state index is 12.7. The minimum Gasteiger partial charge on any atom is -0.369 e. The average Bonchev–Trinajstić information content (AvgIpc) is 3.36. The Kier molecular flexibility index (Phi) is 5.54. The number of thiophene rings is 1. The van der Waals surface area contributed by atoms with E-state index in [0.717, 1.165) is 57.0 Å². The van der Waals surface area contributed by atoms with Gasteiger partial charge in [-0.05, 0) is 44.3 Å². The van der Waals surface area contributed by atoms with E-state index in [2.05, 4.69) is 24.2 Å². The number of piperidine rings is 1. The van der Waals surface area contributed by atoms with Crippen molar-refractivity contribution in [3.05, 3.63) is 33.0 Å². The normalized spacial score (nSPS) is 23.8. The van der Waals surface area contributed by atoms with Crippen LogP contribution < -0.4 is 10.6 Å². The van der Waals surface area contributed by atoms with E-state index in [1.165, 1.54) is 29.9 Å². The lowest BCUT2D eigenvalue weighted by Crippen LogP contribution is -2.50. The quantitative estimate of drug-likeness (QED) is 0.557. The van der Waals surface area contributed by atoms with Crippen molar-refractivity contribution < 1.29 is 8.42 Å². The molecule has 0 radical (unpaired) electrons. The van der Waals surface area contributed by atoms with E-state index in [9.17, 15) is 8.42 Å². The van der Waals surface area contributed by atoms with Crippen LogP contribution in [0.2, 0.25) is 5.02 Å². The fraction of sp³-hybridized carbons (Fsp3) is 0.500. The van der Waals surface area contributed by atoms with E-state index in [4.69, 9.17) is 17.3 Å². The Morgan fingerprint density at radius 1 is 1.30 bits per heavy atom. The van der Waals surface area contributed by atoms with Crippen LogP contribution >= 0.6 is 34.5 Å². The highest BCUT2D eigenvalue weighted by Gasteiger charge is 2.43. The molecule has 3 aromatic heterocycles. The summed E-state index contributed by atoms with van der Waals surface area (Å²) in [6.07, 6.45) is 3.70. The third-order valence-corrected chi connectivity index (χ3v) is 11.1. The molecule has 1 unspecified atom stereocenters. The summed E-state index contributed by atoms with van der Waals surface area (Å²) in [5.74, 6) is 1.88. The Morgan fingerprint density at radius 3 is 2.67 bits per heavy atom. The minimum absolute atomic E-state index is 0.0374. The second-order valence-electron chi connectivity index (χ2n) is 8.67. The number of rotatable bonds is 3. The molecule has 5 rings (SSSR count). The number of nitrogens with two attached hydrogens (primary N) is 1. The van der Waals surface area contributed by atoms with Crippen LogP contribution in [0.1, 0.15) is 41.4 Å². The van der Waals surface area contributed by atoms with Crippen LogP contribution in [0.25, 0.3) is 10.1 Å². The Balaban J connectivity index is 1.49. The predicted octanol–water partition coefficient (Wildman–Crippen LogP) is 3.30. The summed E-state index contributed by atoms with van der Waals surface area (Å²) in [7, 11) is -2.18. The van der Waals surface area contributed by atoms with Crippen molar-refractivity contribution in [2.45, 2.75) is 38.1 Å². The van der Waals surface area contributed by atoms with Gasteiger partial charge in [0.05, 0.1) is 20.4 Å². The molecule has 3 aromatic rings. The van der Waals surface area contributed by atoms with E-state index in [0.29, 0.717) is 15.8 Å². The van der Waals surface area contributed by atoms with Gasteiger partial charge in [0.1, 0.15) is 22.2 Å². The molecular formula is C20H24ClN7O2S3. The van der Waals surface area contributed by atoms with E-state index >= 15 is 0 Å². The summed E-state index contributed by atoms with van der Waals surface area (Å²) in [4.78, 5) is 16.7. The number of hydrogen-bond acceptors (Lipinski definition) is 10. The second kappa shape index (κ2) is 8.03. The highest BCUT2D eigenvalue weighted by atomic mass is 35.5. The zero-order valence-electron chi connectivity index (χ0n) is 18.4. The topological polar surface area (TPSA) is 118 Å². The van der Waals surface area contributed by atoms with Crippen molar-refractivity contribution in [2.24, 2.45) is 10.7 Å². The molecule has 13 heteroatoms. The fourth-order valence-electron chi connectivity index (χ4n) is 4.43. The van der Waals surface area contributed by atoms with E-state index < -0.39 is 15.6 Å². The molecule has 2 aliphatic heterocycles. The van der Waals surface area contributed by atoms with Gasteiger partial charge >= 0.3 is 0 Å². The summed E-state index contributed by atoms with van der Waals surface area (Å²) >= 11 is 9.75. The van der Waals surface area contributed by atoms with E-state index in [1.54, 1.807) is 13.1 Å². The lowest BCUT2D eigenvalue weighted by atomic mass is 9.97. The zero-order valence-corrected chi connectivity index (χ0v) is 21.7. The van der Waals surface area contributed by atoms with Crippen molar-refractivity contribution in [3.63, 3.8) is 0 Å². The fourth-order valence-corrected chi connectivity index (χ4v) is 8.62. The molecule has 1 saturated heterocycles. The molecule has 0 spiro atoms. The SMILES string of the molecule is Cc1nsc(C2CCN(c3nccc4c(Cl)c(C5(C)CS(=O)(=O)N(C)C(N)=N5)sc34)CC2)n1. The minimum atomic E-state index is -3.59. The Morgan fingerprint density at radius 2 is 2.03 bits per heavy atom. The number of fused-ring (bicyclic) bond motifs is 1. The molecular weight excluding hydrogens is 502 g/mol. The highest BCUT2D eigenvalue weighted by molar-refractivity contribution is 7.89. The number of aromatic nitrogens is 3. The summed E-state index contributed by atoms with van der Waals surface area (Å²) in [6, 6.07) is 1.87. The van der Waals surface area contributed by atoms with Crippen molar-refractivity contribution in [2.75, 3.05) is 30.8 Å². The molecule has 9 nitrogen and oxygen atoms in total. The summed E-state index contributed by atoms with van der Waals surface area (Å²) in [6.45, 7) is 5.39. The monoisotopic (exact) mass is 525 g/mol. The van der Waals surface area contributed by atoms with Crippen LogP contribution in [0.15, 0.2) is 17.3 Å². The number of aryl methyl sites for hydroxylation is 1. The van der Waals surface area contributed by atoms with Gasteiger partial charge in [0.2, 0.25) is 16.0 Å². The van der Waals surface area contributed by atoms with Crippen LogP contribution in [0, 0.1) is 6.92 Å². The molecule has 2 aliphatic rings. The van der Waals surface area contributed by atoms with Crippen LogP contribution in [-0.2, 0) is 15.6 Å². The maximum Gasteiger partial charge on any atom is 0.239 e. The standard InChI is InChI=1S/C20H24ClN7O2S3/c1-11-24-18(32-26-11)12-5-8-28(9-6-12)17-15-13(4-7-23-17)14(21)16(31-15)20(2)10-33(29,30)27(3)19(22)25-20/h4,7,12H,5-6,8-10H2,1-3H3,(H2,22,25). The number of guanidine groups is 1. The van der Waals surface area contributed by atoms with Gasteiger partial charge in [0.15, 0.2) is 0 Å². The molecule has 0 amide bonds. The first-order valence-corrected chi connectivity index (χ1v) is 14.1. The van der Waals surface area contributed by atoms with Gasteiger partial charge in [0, 0.05) is 37.6 Å². The largest absolute Gasteiger partial charge is 0.369 e. The van der Waals surface area contributed by atoms with Gasteiger partial charge in [-0.1, -0.05) is 11.6 Å². The smallest absolute Gasteiger partial charge is 0.239 e. The number of pyridine rings is 1. The lowest BCUT2D eigenvalue weighted by Gasteiger charge is -2.33. The highest BCUT2D eigenvalue weighted by Crippen LogP contribution is 2.47. The molecule has 176 valence electrons. The third-order valence-electron chi connectivity index (χ3n) is 6.27. The van der Waals surface area contributed by atoms with Gasteiger partial charge in [-0.25, -0.2) is 27.7 Å². The molecule has 0 bridgehead atoms. The third kappa shape index (κ3) is 3.86. The first kappa shape index (κ1) is 22.8. The van der Waals surface area contributed by atoms with Crippen LogP contribution in [0.4, 0.5) is 5.82 Å². The van der Waals surface area contributed by atoms with Gasteiger partial charge in [-0.15, -0.1) is 11.3 Å². The Bertz CT molecular complexity index is 1360. The van der Waals surface area contributed by atoms with Crippen molar-refractivity contribution in [3.8, 4) is 0 Å². The molecule has 1 fully saturated rings. The summed E-state index contributed by atoms with van der Waals surface area (Å²) in [5.41, 5.74) is 4.89. The molecule has 1 atom stereocenters. The van der Waals surface area contributed by atoms with Crippen molar-refractivity contribution in [1.29, 1.82) is 0 Å². The number of sulfonamides is 1. The molecule has 33 heavy (non-hydrogen) atoms. The average molecular weight is 526 g/mol. The van der Waals surface area contributed by atoms with Crippen LogP contribution in [0.3, 0.4) is 0 Å². The first-order valence-electron chi connectivity index (χ1n) is 10.5. The molecule has 2 N–H and O–H groups in total. The van der Waals surface area contributed by atoms with E-state index in [1.807, 2.05) is 13.0 Å². The number of anilines is 1. The number of aliphatic imine (C=N–C) groups is 1. The van der Waals surface area contributed by atoms with Crippen LogP contribution in [-0.4, -0.2) is 58.9 Å². The van der Waals surface area contributed by atoms with Gasteiger partial charge in [-0.3, -0.25) is 0 Å². The van der Waals surface area contributed by atoms with Crippen LogP contribution in [0.5, 0.6) is 0 Å².